The quantitative estimate of drug-likeness (QED) is 0.506. The minimum absolute atomic E-state index is 0.112. The molecule has 0 spiro atoms. The molecule has 1 amide bonds. The number of ether oxygens (including phenoxy) is 3. The van der Waals surface area contributed by atoms with Crippen LogP contribution in [0, 0.1) is 0 Å². The number of hydrazone groups is 1. The van der Waals surface area contributed by atoms with E-state index in [1.807, 2.05) is 24.3 Å². The number of phenols is 1. The number of carbonyl (C=O) groups is 1. The molecule has 3 aromatic carbocycles. The molecule has 0 saturated heterocycles. The van der Waals surface area contributed by atoms with Crippen LogP contribution in [0.4, 0.5) is 0 Å². The van der Waals surface area contributed by atoms with Crippen molar-refractivity contribution in [2.75, 3.05) is 21.3 Å². The maximum absolute atomic E-state index is 12.4. The molecule has 7 nitrogen and oxygen atoms in total. The van der Waals surface area contributed by atoms with Gasteiger partial charge in [-0.1, -0.05) is 24.3 Å². The number of phenolic OH excluding ortho intramolecular Hbond substituents is 1. The SMILES string of the molecule is COc1cc(/C=N/NC(=O)c2cc3ccccc3cc2O)cc(OC)c1OC. The molecule has 0 atom stereocenters. The first-order valence-electron chi connectivity index (χ1n) is 8.42. The van der Waals surface area contributed by atoms with Crippen molar-refractivity contribution in [3.05, 3.63) is 59.7 Å². The van der Waals surface area contributed by atoms with Gasteiger partial charge in [0.1, 0.15) is 5.75 Å². The molecular formula is C21H20N2O5. The Balaban J connectivity index is 1.81. The molecule has 0 aromatic heterocycles. The van der Waals surface area contributed by atoms with Crippen molar-refractivity contribution in [1.82, 2.24) is 5.43 Å². The Kier molecular flexibility index (Phi) is 5.64. The van der Waals surface area contributed by atoms with Gasteiger partial charge in [0.25, 0.3) is 5.91 Å². The van der Waals surface area contributed by atoms with Crippen LogP contribution in [0.3, 0.4) is 0 Å². The van der Waals surface area contributed by atoms with Crippen LogP contribution in [0.25, 0.3) is 10.8 Å². The largest absolute Gasteiger partial charge is 0.507 e. The minimum atomic E-state index is -0.521. The number of nitrogens with one attached hydrogen (secondary N) is 1. The van der Waals surface area contributed by atoms with Gasteiger partial charge in [-0.3, -0.25) is 4.79 Å². The Morgan fingerprint density at radius 1 is 0.964 bits per heavy atom. The van der Waals surface area contributed by atoms with Crippen molar-refractivity contribution in [2.45, 2.75) is 0 Å². The second-order valence-corrected chi connectivity index (χ2v) is 5.87. The first-order valence-corrected chi connectivity index (χ1v) is 8.42. The van der Waals surface area contributed by atoms with Gasteiger partial charge in [-0.2, -0.15) is 5.10 Å². The predicted molar refractivity (Wildman–Crippen MR) is 107 cm³/mol. The number of carbonyl (C=O) groups excluding carboxylic acids is 1. The van der Waals surface area contributed by atoms with E-state index in [0.29, 0.717) is 22.8 Å². The van der Waals surface area contributed by atoms with Gasteiger partial charge in [-0.15, -0.1) is 0 Å². The summed E-state index contributed by atoms with van der Waals surface area (Å²) in [4.78, 5) is 12.4. The molecular weight excluding hydrogens is 360 g/mol. The predicted octanol–water partition coefficient (Wildman–Crippen LogP) is 3.34. The van der Waals surface area contributed by atoms with E-state index in [2.05, 4.69) is 10.5 Å². The van der Waals surface area contributed by atoms with Crippen LogP contribution >= 0.6 is 0 Å². The van der Waals surface area contributed by atoms with E-state index < -0.39 is 5.91 Å². The number of hydrogen-bond acceptors (Lipinski definition) is 6. The molecule has 2 N–H and O–H groups in total. The molecule has 7 heteroatoms. The smallest absolute Gasteiger partial charge is 0.275 e. The number of methoxy groups -OCH3 is 3. The van der Waals surface area contributed by atoms with Gasteiger partial charge in [0.2, 0.25) is 5.75 Å². The number of aromatic hydroxyl groups is 1. The van der Waals surface area contributed by atoms with Crippen molar-refractivity contribution < 1.29 is 24.1 Å². The van der Waals surface area contributed by atoms with E-state index >= 15 is 0 Å². The maximum atomic E-state index is 12.4. The van der Waals surface area contributed by atoms with E-state index in [1.54, 1.807) is 24.3 Å². The fourth-order valence-corrected chi connectivity index (χ4v) is 2.81. The van der Waals surface area contributed by atoms with Crippen LogP contribution in [0.2, 0.25) is 0 Å². The Hall–Kier alpha value is -3.74. The zero-order chi connectivity index (χ0) is 20.1. The number of nitrogens with zero attached hydrogens (tertiary/aromatic N) is 1. The molecule has 0 radical (unpaired) electrons. The lowest BCUT2D eigenvalue weighted by molar-refractivity contribution is 0.0952. The van der Waals surface area contributed by atoms with Crippen LogP contribution in [0.5, 0.6) is 23.0 Å². The molecule has 0 aliphatic heterocycles. The molecule has 28 heavy (non-hydrogen) atoms. The second-order valence-electron chi connectivity index (χ2n) is 5.87. The summed E-state index contributed by atoms with van der Waals surface area (Å²) >= 11 is 0. The average molecular weight is 380 g/mol. The molecule has 0 fully saturated rings. The van der Waals surface area contributed by atoms with E-state index in [1.165, 1.54) is 27.5 Å². The summed E-state index contributed by atoms with van der Waals surface area (Å²) < 4.78 is 15.8. The highest BCUT2D eigenvalue weighted by Gasteiger charge is 2.13. The highest BCUT2D eigenvalue weighted by Crippen LogP contribution is 2.37. The summed E-state index contributed by atoms with van der Waals surface area (Å²) in [6.45, 7) is 0. The number of fused-ring (bicyclic) bond motifs is 1. The molecule has 0 unspecified atom stereocenters. The summed E-state index contributed by atoms with van der Waals surface area (Å²) in [5, 5.41) is 15.8. The van der Waals surface area contributed by atoms with E-state index in [0.717, 1.165) is 10.8 Å². The standard InChI is InChI=1S/C21H20N2O5/c1-26-18-8-13(9-19(27-2)20(18)28-3)12-22-23-21(25)16-10-14-6-4-5-7-15(14)11-17(16)24/h4-12,24H,1-3H3,(H,23,25)/b22-12+. The summed E-state index contributed by atoms with van der Waals surface area (Å²) in [5.74, 6) is 0.780. The summed E-state index contributed by atoms with van der Waals surface area (Å²) in [7, 11) is 4.55. The second kappa shape index (κ2) is 8.30. The van der Waals surface area contributed by atoms with Crippen LogP contribution in [0.15, 0.2) is 53.6 Å². The highest BCUT2D eigenvalue weighted by atomic mass is 16.5. The van der Waals surface area contributed by atoms with Gasteiger partial charge in [-0.25, -0.2) is 5.43 Å². The number of amides is 1. The third kappa shape index (κ3) is 3.83. The summed E-state index contributed by atoms with van der Waals surface area (Å²) in [6, 6.07) is 14.0. The van der Waals surface area contributed by atoms with Gasteiger partial charge in [-0.05, 0) is 35.0 Å². The van der Waals surface area contributed by atoms with Crippen LogP contribution < -0.4 is 19.6 Å². The molecule has 0 aliphatic rings. The Bertz CT molecular complexity index is 1020. The van der Waals surface area contributed by atoms with Crippen LogP contribution in [-0.4, -0.2) is 38.6 Å². The molecule has 0 saturated carbocycles. The van der Waals surface area contributed by atoms with Crippen LogP contribution in [-0.2, 0) is 0 Å². The number of rotatable bonds is 6. The Labute approximate surface area is 162 Å². The first kappa shape index (κ1) is 19.0. The zero-order valence-electron chi connectivity index (χ0n) is 15.7. The third-order valence-electron chi connectivity index (χ3n) is 4.18. The van der Waals surface area contributed by atoms with E-state index in [4.69, 9.17) is 14.2 Å². The lowest BCUT2D eigenvalue weighted by Gasteiger charge is -2.12. The number of benzene rings is 3. The molecule has 3 rings (SSSR count). The average Bonchev–Trinajstić information content (AvgIpc) is 2.72. The highest BCUT2D eigenvalue weighted by molar-refractivity contribution is 6.01. The van der Waals surface area contributed by atoms with Gasteiger partial charge < -0.3 is 19.3 Å². The third-order valence-corrected chi connectivity index (χ3v) is 4.18. The number of hydrogen-bond donors (Lipinski definition) is 2. The van der Waals surface area contributed by atoms with Crippen molar-refractivity contribution >= 4 is 22.9 Å². The zero-order valence-corrected chi connectivity index (χ0v) is 15.7. The van der Waals surface area contributed by atoms with Crippen molar-refractivity contribution in [3.8, 4) is 23.0 Å². The lowest BCUT2D eigenvalue weighted by atomic mass is 10.1. The molecule has 144 valence electrons. The van der Waals surface area contributed by atoms with E-state index in [9.17, 15) is 9.90 Å². The molecule has 0 bridgehead atoms. The summed E-state index contributed by atoms with van der Waals surface area (Å²) in [5.41, 5.74) is 3.19. The van der Waals surface area contributed by atoms with Crippen molar-refractivity contribution in [1.29, 1.82) is 0 Å². The van der Waals surface area contributed by atoms with Gasteiger partial charge in [0, 0.05) is 5.56 Å². The van der Waals surface area contributed by atoms with Gasteiger partial charge in [0.05, 0.1) is 33.1 Å². The normalized spacial score (nSPS) is 10.8. The minimum Gasteiger partial charge on any atom is -0.507 e. The van der Waals surface area contributed by atoms with E-state index in [-0.39, 0.29) is 11.3 Å². The van der Waals surface area contributed by atoms with Gasteiger partial charge in [0.15, 0.2) is 11.5 Å². The van der Waals surface area contributed by atoms with Gasteiger partial charge >= 0.3 is 0 Å². The maximum Gasteiger partial charge on any atom is 0.275 e. The molecule has 0 aliphatic carbocycles. The van der Waals surface area contributed by atoms with Crippen molar-refractivity contribution in [3.63, 3.8) is 0 Å². The monoisotopic (exact) mass is 380 g/mol. The topological polar surface area (TPSA) is 89.4 Å². The molecule has 0 heterocycles. The fourth-order valence-electron chi connectivity index (χ4n) is 2.81. The fraction of sp³-hybridized carbons (Fsp3) is 0.143. The lowest BCUT2D eigenvalue weighted by Crippen LogP contribution is -2.17. The summed E-state index contributed by atoms with van der Waals surface area (Å²) in [6.07, 6.45) is 1.44. The molecule has 3 aromatic rings. The Morgan fingerprint density at radius 3 is 2.14 bits per heavy atom. The van der Waals surface area contributed by atoms with Crippen molar-refractivity contribution in [2.24, 2.45) is 5.10 Å². The first-order chi connectivity index (χ1) is 13.6. The Morgan fingerprint density at radius 2 is 1.57 bits per heavy atom. The van der Waals surface area contributed by atoms with Crippen LogP contribution in [0.1, 0.15) is 15.9 Å².